The molecule has 1 unspecified atom stereocenters. The molecule has 0 saturated heterocycles. The second-order valence-electron chi connectivity index (χ2n) is 4.02. The molecule has 0 amide bonds. The Morgan fingerprint density at radius 1 is 1.06 bits per heavy atom. The molecule has 2 heteroatoms. The summed E-state index contributed by atoms with van der Waals surface area (Å²) in [5.41, 5.74) is 3.22. The third-order valence-electron chi connectivity index (χ3n) is 2.90. The maximum atomic E-state index is 10.3. The smallest absolute Gasteiger partial charge is 0.105 e. The third-order valence-corrected chi connectivity index (χ3v) is 3.89. The van der Waals surface area contributed by atoms with Crippen molar-refractivity contribution in [2.75, 3.05) is 0 Å². The molecular formula is C15H15IO. The molecule has 88 valence electrons. The van der Waals surface area contributed by atoms with Gasteiger partial charge in [-0.25, -0.2) is 0 Å². The van der Waals surface area contributed by atoms with Gasteiger partial charge in [0.15, 0.2) is 0 Å². The van der Waals surface area contributed by atoms with Gasteiger partial charge in [0.1, 0.15) is 6.10 Å². The van der Waals surface area contributed by atoms with Crippen LogP contribution in [0.25, 0.3) is 0 Å². The predicted molar refractivity (Wildman–Crippen MR) is 79.0 cm³/mol. The Morgan fingerprint density at radius 2 is 1.71 bits per heavy atom. The van der Waals surface area contributed by atoms with E-state index in [2.05, 4.69) is 41.6 Å². The monoisotopic (exact) mass is 338 g/mol. The van der Waals surface area contributed by atoms with Gasteiger partial charge in [-0.3, -0.25) is 0 Å². The van der Waals surface area contributed by atoms with Crippen LogP contribution in [0.3, 0.4) is 0 Å². The third kappa shape index (κ3) is 2.87. The van der Waals surface area contributed by atoms with E-state index in [1.807, 2.05) is 36.4 Å². The van der Waals surface area contributed by atoms with Crippen LogP contribution >= 0.6 is 22.6 Å². The first-order valence-corrected chi connectivity index (χ1v) is 6.81. The lowest BCUT2D eigenvalue weighted by Crippen LogP contribution is -2.01. The van der Waals surface area contributed by atoms with Crippen molar-refractivity contribution in [3.05, 3.63) is 68.8 Å². The summed E-state index contributed by atoms with van der Waals surface area (Å²) in [5, 5.41) is 10.3. The van der Waals surface area contributed by atoms with E-state index in [-0.39, 0.29) is 0 Å². The fraction of sp³-hybridized carbons (Fsp3) is 0.200. The summed E-state index contributed by atoms with van der Waals surface area (Å²) in [7, 11) is 0. The van der Waals surface area contributed by atoms with Crippen molar-refractivity contribution < 1.29 is 5.11 Å². The second kappa shape index (κ2) is 5.65. The highest BCUT2D eigenvalue weighted by molar-refractivity contribution is 14.1. The first-order valence-electron chi connectivity index (χ1n) is 5.73. The molecule has 0 aromatic heterocycles. The highest BCUT2D eigenvalue weighted by atomic mass is 127. The highest BCUT2D eigenvalue weighted by Crippen LogP contribution is 2.26. The van der Waals surface area contributed by atoms with Crippen LogP contribution in [0.4, 0.5) is 0 Å². The topological polar surface area (TPSA) is 20.2 Å². The van der Waals surface area contributed by atoms with E-state index in [1.54, 1.807) is 0 Å². The average Bonchev–Trinajstić information content (AvgIpc) is 2.39. The van der Waals surface area contributed by atoms with Crippen LogP contribution in [0.5, 0.6) is 0 Å². The van der Waals surface area contributed by atoms with E-state index >= 15 is 0 Å². The number of rotatable bonds is 3. The van der Waals surface area contributed by atoms with Gasteiger partial charge in [-0.2, -0.15) is 0 Å². The number of hydrogen-bond donors (Lipinski definition) is 1. The van der Waals surface area contributed by atoms with Crippen LogP contribution in [-0.4, -0.2) is 5.11 Å². The van der Waals surface area contributed by atoms with Gasteiger partial charge in [0.25, 0.3) is 0 Å². The maximum Gasteiger partial charge on any atom is 0.105 e. The lowest BCUT2D eigenvalue weighted by Gasteiger charge is -2.13. The van der Waals surface area contributed by atoms with E-state index < -0.39 is 6.10 Å². The quantitative estimate of drug-likeness (QED) is 0.841. The molecule has 2 aromatic carbocycles. The minimum Gasteiger partial charge on any atom is -0.384 e. The van der Waals surface area contributed by atoms with E-state index in [1.165, 1.54) is 5.56 Å². The summed E-state index contributed by atoms with van der Waals surface area (Å²) >= 11 is 2.26. The zero-order chi connectivity index (χ0) is 12.3. The Morgan fingerprint density at radius 3 is 2.29 bits per heavy atom. The molecule has 17 heavy (non-hydrogen) atoms. The largest absolute Gasteiger partial charge is 0.384 e. The van der Waals surface area contributed by atoms with Gasteiger partial charge < -0.3 is 5.11 Å². The van der Waals surface area contributed by atoms with Crippen molar-refractivity contribution in [2.45, 2.75) is 19.4 Å². The molecule has 2 rings (SSSR count). The number of aliphatic hydroxyl groups is 1. The zero-order valence-electron chi connectivity index (χ0n) is 9.73. The predicted octanol–water partition coefficient (Wildman–Crippen LogP) is 3.94. The van der Waals surface area contributed by atoms with Crippen LogP contribution in [-0.2, 0) is 6.42 Å². The van der Waals surface area contributed by atoms with Crippen molar-refractivity contribution in [1.29, 1.82) is 0 Å². The lowest BCUT2D eigenvalue weighted by molar-refractivity contribution is 0.219. The van der Waals surface area contributed by atoms with E-state index in [9.17, 15) is 5.11 Å². The summed E-state index contributed by atoms with van der Waals surface area (Å²) < 4.78 is 1.09. The van der Waals surface area contributed by atoms with Gasteiger partial charge in [0.2, 0.25) is 0 Å². The van der Waals surface area contributed by atoms with Crippen LogP contribution in [0.15, 0.2) is 48.5 Å². The Labute approximate surface area is 116 Å². The fourth-order valence-corrected chi connectivity index (χ4v) is 2.49. The van der Waals surface area contributed by atoms with Crippen molar-refractivity contribution in [3.8, 4) is 0 Å². The van der Waals surface area contributed by atoms with Crippen LogP contribution in [0.2, 0.25) is 0 Å². The van der Waals surface area contributed by atoms with Gasteiger partial charge >= 0.3 is 0 Å². The fourth-order valence-electron chi connectivity index (χ4n) is 1.81. The van der Waals surface area contributed by atoms with Gasteiger partial charge in [-0.05, 0) is 51.8 Å². The molecule has 0 aliphatic carbocycles. The van der Waals surface area contributed by atoms with E-state index in [0.717, 1.165) is 21.1 Å². The zero-order valence-corrected chi connectivity index (χ0v) is 11.9. The van der Waals surface area contributed by atoms with Crippen molar-refractivity contribution in [1.82, 2.24) is 0 Å². The summed E-state index contributed by atoms with van der Waals surface area (Å²) in [4.78, 5) is 0. The number of benzene rings is 2. The van der Waals surface area contributed by atoms with Crippen LogP contribution in [0.1, 0.15) is 29.7 Å². The minimum absolute atomic E-state index is 0.533. The molecule has 0 aliphatic heterocycles. The van der Waals surface area contributed by atoms with Gasteiger partial charge in [-0.1, -0.05) is 49.4 Å². The Bertz CT molecular complexity index is 491. The van der Waals surface area contributed by atoms with E-state index in [4.69, 9.17) is 0 Å². The highest BCUT2D eigenvalue weighted by Gasteiger charge is 2.12. The van der Waals surface area contributed by atoms with Gasteiger partial charge in [-0.15, -0.1) is 0 Å². The number of aliphatic hydroxyl groups excluding tert-OH is 1. The van der Waals surface area contributed by atoms with Crippen molar-refractivity contribution >= 4 is 22.6 Å². The van der Waals surface area contributed by atoms with E-state index in [0.29, 0.717) is 0 Å². The Balaban J connectivity index is 2.30. The number of aryl methyl sites for hydroxylation is 1. The molecular weight excluding hydrogens is 323 g/mol. The first kappa shape index (κ1) is 12.6. The first-order chi connectivity index (χ1) is 8.22. The molecule has 2 aromatic rings. The molecule has 1 N–H and O–H groups in total. The molecule has 0 spiro atoms. The Kier molecular flexibility index (Phi) is 4.18. The molecule has 0 bridgehead atoms. The lowest BCUT2D eigenvalue weighted by atomic mass is 10.00. The van der Waals surface area contributed by atoms with Crippen LogP contribution in [0, 0.1) is 3.57 Å². The molecule has 0 radical (unpaired) electrons. The standard InChI is InChI=1S/C15H15IO/c1-2-11-7-9-12(10-8-11)15(17)13-5-3-4-6-14(13)16/h3-10,15,17H,2H2,1H3. The maximum absolute atomic E-state index is 10.3. The molecule has 0 fully saturated rings. The van der Waals surface area contributed by atoms with Gasteiger partial charge in [0, 0.05) is 3.57 Å². The molecule has 0 saturated carbocycles. The normalized spacial score (nSPS) is 12.4. The summed E-state index contributed by atoms with van der Waals surface area (Å²) in [6.45, 7) is 2.13. The van der Waals surface area contributed by atoms with Crippen LogP contribution < -0.4 is 0 Å². The molecule has 0 heterocycles. The second-order valence-corrected chi connectivity index (χ2v) is 5.18. The van der Waals surface area contributed by atoms with Crippen molar-refractivity contribution in [2.24, 2.45) is 0 Å². The Hall–Kier alpha value is -0.870. The molecule has 1 atom stereocenters. The van der Waals surface area contributed by atoms with Gasteiger partial charge in [0.05, 0.1) is 0 Å². The van der Waals surface area contributed by atoms with Crippen molar-refractivity contribution in [3.63, 3.8) is 0 Å². The average molecular weight is 338 g/mol. The molecule has 1 nitrogen and oxygen atoms in total. The summed E-state index contributed by atoms with van der Waals surface area (Å²) in [5.74, 6) is 0. The SMILES string of the molecule is CCc1ccc(C(O)c2ccccc2I)cc1. The minimum atomic E-state index is -0.533. The number of hydrogen-bond acceptors (Lipinski definition) is 1. The summed E-state index contributed by atoms with van der Waals surface area (Å²) in [6, 6.07) is 16.1. The molecule has 0 aliphatic rings. The number of halogens is 1. The summed E-state index contributed by atoms with van der Waals surface area (Å²) in [6.07, 6.45) is 0.494.